The van der Waals surface area contributed by atoms with E-state index in [0.29, 0.717) is 32.1 Å². The van der Waals surface area contributed by atoms with Gasteiger partial charge in [0.1, 0.15) is 16.4 Å². The molecule has 27 heavy (non-hydrogen) atoms. The van der Waals surface area contributed by atoms with Crippen molar-refractivity contribution in [3.63, 3.8) is 0 Å². The van der Waals surface area contributed by atoms with E-state index in [0.717, 1.165) is 0 Å². The normalized spacial score (nSPS) is 14.8. The first-order chi connectivity index (χ1) is 12.8. The summed E-state index contributed by atoms with van der Waals surface area (Å²) in [5, 5.41) is 3.81. The van der Waals surface area contributed by atoms with E-state index in [1.165, 1.54) is 24.3 Å². The van der Waals surface area contributed by atoms with E-state index in [2.05, 4.69) is 9.88 Å². The summed E-state index contributed by atoms with van der Waals surface area (Å²) in [6.45, 7) is 3.21. The standard InChI is InChI=1S/C16H18ClN3O6S/c1-11-8-15(18-26-11)19-27(22,23)14-9-12(17)2-3-13(14)25-10-16(21)20-4-6-24-7-5-20/h2-3,8-9H,4-7,10H2,1H3,(H,18,19). The van der Waals surface area contributed by atoms with E-state index >= 15 is 0 Å². The topological polar surface area (TPSA) is 111 Å². The Balaban J connectivity index is 1.77. The van der Waals surface area contributed by atoms with Gasteiger partial charge < -0.3 is 18.9 Å². The molecule has 0 aliphatic carbocycles. The Morgan fingerprint density at radius 3 is 2.74 bits per heavy atom. The van der Waals surface area contributed by atoms with E-state index in [9.17, 15) is 13.2 Å². The number of ether oxygens (including phenoxy) is 2. The minimum absolute atomic E-state index is 0.00808. The zero-order chi connectivity index (χ0) is 19.4. The number of rotatable bonds is 6. The monoisotopic (exact) mass is 415 g/mol. The van der Waals surface area contributed by atoms with Crippen LogP contribution in [0.2, 0.25) is 5.02 Å². The van der Waals surface area contributed by atoms with Crippen LogP contribution in [0.5, 0.6) is 5.75 Å². The van der Waals surface area contributed by atoms with Crippen LogP contribution >= 0.6 is 11.6 Å². The minimum Gasteiger partial charge on any atom is -0.482 e. The van der Waals surface area contributed by atoms with Crippen LogP contribution in [-0.2, 0) is 19.6 Å². The third kappa shape index (κ3) is 4.90. The first kappa shape index (κ1) is 19.5. The Labute approximate surface area is 161 Å². The van der Waals surface area contributed by atoms with Crippen LogP contribution in [0.3, 0.4) is 0 Å². The molecule has 11 heteroatoms. The van der Waals surface area contributed by atoms with Crippen LogP contribution < -0.4 is 9.46 Å². The zero-order valence-corrected chi connectivity index (χ0v) is 16.0. The van der Waals surface area contributed by atoms with Crippen LogP contribution in [0, 0.1) is 6.92 Å². The minimum atomic E-state index is -4.05. The number of carbonyl (C=O) groups is 1. The Hall–Kier alpha value is -2.30. The van der Waals surface area contributed by atoms with Crippen molar-refractivity contribution in [3.8, 4) is 5.75 Å². The zero-order valence-electron chi connectivity index (χ0n) is 14.5. The average Bonchev–Trinajstić information content (AvgIpc) is 3.05. The van der Waals surface area contributed by atoms with Crippen LogP contribution in [0.25, 0.3) is 0 Å². The van der Waals surface area contributed by atoms with Gasteiger partial charge in [0.25, 0.3) is 15.9 Å². The van der Waals surface area contributed by atoms with Crippen molar-refractivity contribution in [1.29, 1.82) is 0 Å². The molecule has 0 unspecified atom stereocenters. The van der Waals surface area contributed by atoms with E-state index in [4.69, 9.17) is 25.6 Å². The summed E-state index contributed by atoms with van der Waals surface area (Å²) in [5.41, 5.74) is 0. The smallest absolute Gasteiger partial charge is 0.266 e. The fraction of sp³-hybridized carbons (Fsp3) is 0.375. The molecule has 2 aromatic rings. The van der Waals surface area contributed by atoms with Crippen molar-refractivity contribution in [2.75, 3.05) is 37.6 Å². The molecule has 3 rings (SSSR count). The first-order valence-corrected chi connectivity index (χ1v) is 9.95. The van der Waals surface area contributed by atoms with Crippen LogP contribution in [0.15, 0.2) is 33.7 Å². The van der Waals surface area contributed by atoms with E-state index < -0.39 is 10.0 Å². The number of hydrogen-bond donors (Lipinski definition) is 1. The number of nitrogens with one attached hydrogen (secondary N) is 1. The summed E-state index contributed by atoms with van der Waals surface area (Å²) in [4.78, 5) is 13.6. The summed E-state index contributed by atoms with van der Waals surface area (Å²) in [6.07, 6.45) is 0. The number of aromatic nitrogens is 1. The molecule has 1 aliphatic heterocycles. The van der Waals surface area contributed by atoms with Crippen molar-refractivity contribution >= 4 is 33.3 Å². The molecular formula is C16H18ClN3O6S. The molecule has 9 nitrogen and oxygen atoms in total. The van der Waals surface area contributed by atoms with Gasteiger partial charge >= 0.3 is 0 Å². The number of hydrogen-bond acceptors (Lipinski definition) is 7. The lowest BCUT2D eigenvalue weighted by atomic mass is 10.3. The molecule has 0 radical (unpaired) electrons. The molecule has 1 saturated heterocycles. The third-order valence-corrected chi connectivity index (χ3v) is 5.39. The van der Waals surface area contributed by atoms with Gasteiger partial charge in [-0.05, 0) is 25.1 Å². The summed E-state index contributed by atoms with van der Waals surface area (Å²) < 4.78 is 43.2. The quantitative estimate of drug-likeness (QED) is 0.763. The summed E-state index contributed by atoms with van der Waals surface area (Å²) in [7, 11) is -4.05. The molecule has 0 bridgehead atoms. The van der Waals surface area contributed by atoms with Crippen molar-refractivity contribution < 1.29 is 27.2 Å². The number of morpholine rings is 1. The second-order valence-electron chi connectivity index (χ2n) is 5.80. The van der Waals surface area contributed by atoms with Crippen molar-refractivity contribution in [2.45, 2.75) is 11.8 Å². The van der Waals surface area contributed by atoms with Gasteiger partial charge in [-0.1, -0.05) is 16.8 Å². The van der Waals surface area contributed by atoms with Gasteiger partial charge in [0.15, 0.2) is 12.4 Å². The molecule has 1 aromatic heterocycles. The van der Waals surface area contributed by atoms with Crippen molar-refractivity contribution in [3.05, 3.63) is 35.0 Å². The predicted molar refractivity (Wildman–Crippen MR) is 96.4 cm³/mol. The van der Waals surface area contributed by atoms with Gasteiger partial charge in [-0.15, -0.1) is 0 Å². The highest BCUT2D eigenvalue weighted by molar-refractivity contribution is 7.92. The molecule has 1 N–H and O–H groups in total. The molecular weight excluding hydrogens is 398 g/mol. The summed E-state index contributed by atoms with van der Waals surface area (Å²) in [6, 6.07) is 5.56. The first-order valence-electron chi connectivity index (χ1n) is 8.09. The lowest BCUT2D eigenvalue weighted by molar-refractivity contribution is -0.137. The molecule has 1 aliphatic rings. The summed E-state index contributed by atoms with van der Waals surface area (Å²) >= 11 is 5.94. The number of benzene rings is 1. The van der Waals surface area contributed by atoms with Crippen molar-refractivity contribution in [1.82, 2.24) is 10.1 Å². The van der Waals surface area contributed by atoms with Gasteiger partial charge in [-0.25, -0.2) is 8.42 Å². The van der Waals surface area contributed by atoms with Gasteiger partial charge in [-0.3, -0.25) is 9.52 Å². The maximum Gasteiger partial charge on any atom is 0.266 e. The van der Waals surface area contributed by atoms with Gasteiger partial charge in [0, 0.05) is 24.2 Å². The molecule has 1 aromatic carbocycles. The Morgan fingerprint density at radius 1 is 1.33 bits per heavy atom. The maximum atomic E-state index is 12.7. The van der Waals surface area contributed by atoms with Gasteiger partial charge in [0.2, 0.25) is 0 Å². The van der Waals surface area contributed by atoms with Crippen molar-refractivity contribution in [2.24, 2.45) is 0 Å². The largest absolute Gasteiger partial charge is 0.482 e. The summed E-state index contributed by atoms with van der Waals surface area (Å²) in [5.74, 6) is 0.236. The lowest BCUT2D eigenvalue weighted by Gasteiger charge is -2.26. The highest BCUT2D eigenvalue weighted by atomic mass is 35.5. The second kappa shape index (κ2) is 8.15. The lowest BCUT2D eigenvalue weighted by Crippen LogP contribution is -2.43. The van der Waals surface area contributed by atoms with E-state index in [-0.39, 0.29) is 34.0 Å². The molecule has 1 fully saturated rings. The molecule has 0 atom stereocenters. The fourth-order valence-electron chi connectivity index (χ4n) is 2.46. The third-order valence-electron chi connectivity index (χ3n) is 3.78. The number of nitrogens with zero attached hydrogens (tertiary/aromatic N) is 2. The van der Waals surface area contributed by atoms with Gasteiger partial charge in [0.05, 0.1) is 13.2 Å². The second-order valence-corrected chi connectivity index (χ2v) is 7.89. The number of halogens is 1. The fourth-order valence-corrected chi connectivity index (χ4v) is 3.85. The van der Waals surface area contributed by atoms with E-state index in [1.54, 1.807) is 11.8 Å². The Morgan fingerprint density at radius 2 is 2.07 bits per heavy atom. The number of carbonyl (C=O) groups excluding carboxylic acids is 1. The highest BCUT2D eigenvalue weighted by Gasteiger charge is 2.24. The number of aryl methyl sites for hydroxylation is 1. The molecule has 146 valence electrons. The van der Waals surface area contributed by atoms with E-state index in [1.807, 2.05) is 0 Å². The highest BCUT2D eigenvalue weighted by Crippen LogP contribution is 2.29. The number of amides is 1. The van der Waals surface area contributed by atoms with Crippen LogP contribution in [0.1, 0.15) is 5.76 Å². The maximum absolute atomic E-state index is 12.7. The predicted octanol–water partition coefficient (Wildman–Crippen LogP) is 1.67. The van der Waals surface area contributed by atoms with Crippen LogP contribution in [-0.4, -0.2) is 57.3 Å². The molecule has 1 amide bonds. The molecule has 0 spiro atoms. The number of anilines is 1. The molecule has 0 saturated carbocycles. The average molecular weight is 416 g/mol. The van der Waals surface area contributed by atoms with Crippen LogP contribution in [0.4, 0.5) is 5.82 Å². The number of sulfonamides is 1. The SMILES string of the molecule is Cc1cc(NS(=O)(=O)c2cc(Cl)ccc2OCC(=O)N2CCOCC2)no1. The van der Waals surface area contributed by atoms with Gasteiger partial charge in [-0.2, -0.15) is 0 Å². The molecule has 2 heterocycles. The Bertz CT molecular complexity index is 924. The Kier molecular flexibility index (Phi) is 5.88.